The molecule has 0 bridgehead atoms. The van der Waals surface area contributed by atoms with Gasteiger partial charge in [-0.25, -0.2) is 0 Å². The summed E-state index contributed by atoms with van der Waals surface area (Å²) in [5.74, 6) is -1.97. The van der Waals surface area contributed by atoms with Crippen molar-refractivity contribution in [3.05, 3.63) is 19.0 Å². The fourth-order valence-corrected chi connectivity index (χ4v) is 9.76. The van der Waals surface area contributed by atoms with Gasteiger partial charge in [0.1, 0.15) is 0 Å². The Morgan fingerprint density at radius 3 is 1.39 bits per heavy atom. The van der Waals surface area contributed by atoms with Crippen LogP contribution in [0.15, 0.2) is 19.0 Å². The van der Waals surface area contributed by atoms with E-state index in [-0.39, 0.29) is 23.3 Å². The van der Waals surface area contributed by atoms with E-state index in [4.69, 9.17) is 52.9 Å². The van der Waals surface area contributed by atoms with Crippen LogP contribution in [-0.2, 0) is 19.1 Å². The first-order chi connectivity index (χ1) is 10.7. The Hall–Kier alpha value is 0.0195. The average molecular weight is 477 g/mol. The molecule has 134 valence electrons. The third-order valence-electron chi connectivity index (χ3n) is 2.20. The first-order valence-electron chi connectivity index (χ1n) is 6.24. The third-order valence-corrected chi connectivity index (χ3v) is 10.4. The third kappa shape index (κ3) is 6.11. The normalized spacial score (nSPS) is 14.6. The van der Waals surface area contributed by atoms with Gasteiger partial charge >= 0.3 is 155 Å². The molecule has 0 aromatic rings. The van der Waals surface area contributed by atoms with Crippen LogP contribution < -0.4 is 0 Å². The summed E-state index contributed by atoms with van der Waals surface area (Å²) in [6, 6.07) is 0. The van der Waals surface area contributed by atoms with Crippen LogP contribution in [0.2, 0.25) is 0 Å². The molecule has 0 aliphatic rings. The number of aliphatic hydroxyl groups excluding tert-OH is 2. The van der Waals surface area contributed by atoms with Crippen LogP contribution in [0.5, 0.6) is 0 Å². The van der Waals surface area contributed by atoms with Crippen molar-refractivity contribution < 1.29 is 29.3 Å². The fraction of sp³-hybridized carbons (Fsp3) is 0.500. The number of halogens is 4. The van der Waals surface area contributed by atoms with E-state index in [9.17, 15) is 19.8 Å². The summed E-state index contributed by atoms with van der Waals surface area (Å²) in [5.41, 5.74) is 0. The topological polar surface area (TPSA) is 93.1 Å². The molecule has 0 radical (unpaired) electrons. The van der Waals surface area contributed by atoms with Crippen LogP contribution >= 0.6 is 43.4 Å². The number of carbonyl (C=O) groups is 2. The Morgan fingerprint density at radius 2 is 1.17 bits per heavy atom. The van der Waals surface area contributed by atoms with E-state index in [1.54, 1.807) is 13.8 Å². The quantitative estimate of drug-likeness (QED) is 0.316. The minimum absolute atomic E-state index is 0.00876. The summed E-state index contributed by atoms with van der Waals surface area (Å²) < 4.78 is 8.75. The predicted molar refractivity (Wildman–Crippen MR) is 90.7 cm³/mol. The molecule has 0 fully saturated rings. The Bertz CT molecular complexity index is 474. The van der Waals surface area contributed by atoms with Gasteiger partial charge in [0, 0.05) is 0 Å². The van der Waals surface area contributed by atoms with E-state index in [2.05, 4.69) is 0 Å². The molecule has 11 heteroatoms. The second-order valence-electron chi connectivity index (χ2n) is 3.69. The number of carbonyl (C=O) groups excluding carboxylic acids is 2. The van der Waals surface area contributed by atoms with Crippen molar-refractivity contribution in [2.45, 2.75) is 13.8 Å². The molecule has 0 heterocycles. The van der Waals surface area contributed by atoms with Gasteiger partial charge in [-0.1, -0.05) is 0 Å². The second kappa shape index (κ2) is 10.8. The van der Waals surface area contributed by atoms with Crippen molar-refractivity contribution in [2.24, 2.45) is 0 Å². The van der Waals surface area contributed by atoms with Crippen LogP contribution in [-0.4, -0.2) is 59.6 Å². The first kappa shape index (κ1) is 23.0. The molecule has 0 aliphatic carbocycles. The summed E-state index contributed by atoms with van der Waals surface area (Å²) in [6.07, 6.45) is 0. The van der Waals surface area contributed by atoms with Gasteiger partial charge in [0.15, 0.2) is 0 Å². The number of ether oxygens (including phenoxy) is 2. The molecule has 6 nitrogen and oxygen atoms in total. The van der Waals surface area contributed by atoms with Gasteiger partial charge in [0.05, 0.1) is 0 Å². The zero-order chi connectivity index (χ0) is 18.2. The van der Waals surface area contributed by atoms with E-state index in [1.165, 1.54) is 0 Å². The van der Waals surface area contributed by atoms with Crippen LogP contribution in [0.25, 0.3) is 0 Å². The molecular weight excluding hydrogens is 461 g/mol. The van der Waals surface area contributed by atoms with Crippen LogP contribution in [0.3, 0.4) is 0 Å². The molecule has 23 heavy (non-hydrogen) atoms. The van der Waals surface area contributed by atoms with Crippen molar-refractivity contribution >= 4 is 66.4 Å². The summed E-state index contributed by atoms with van der Waals surface area (Å²) in [7, 11) is 12.6. The van der Waals surface area contributed by atoms with Gasteiger partial charge in [-0.2, -0.15) is 0 Å². The average Bonchev–Trinajstić information content (AvgIpc) is 2.46. The summed E-state index contributed by atoms with van der Waals surface area (Å²) in [5, 5.41) is 17.6. The second-order valence-corrected chi connectivity index (χ2v) is 13.9. The van der Waals surface area contributed by atoms with Crippen LogP contribution in [0, 0.1) is 0 Å². The number of aliphatic hydroxyl groups is 2. The van der Waals surface area contributed by atoms with Gasteiger partial charge in [-0.3, -0.25) is 0 Å². The van der Waals surface area contributed by atoms with Gasteiger partial charge in [0.2, 0.25) is 0 Å². The molecule has 0 unspecified atom stereocenters. The van der Waals surface area contributed by atoms with E-state index in [0.29, 0.717) is 0 Å². The molecular formula is C12H16Cl4O6Se. The summed E-state index contributed by atoms with van der Waals surface area (Å²) in [6.45, 7) is 1.57. The Labute approximate surface area is 154 Å². The molecule has 0 aromatic carbocycles. The Morgan fingerprint density at radius 1 is 0.870 bits per heavy atom. The maximum atomic E-state index is 12.1. The monoisotopic (exact) mass is 476 g/mol. The molecule has 0 saturated heterocycles. The van der Waals surface area contributed by atoms with E-state index >= 15 is 0 Å². The molecule has 0 aromatic heterocycles. The van der Waals surface area contributed by atoms with Crippen molar-refractivity contribution in [1.29, 1.82) is 0 Å². The molecule has 0 amide bonds. The summed E-state index contributed by atoms with van der Waals surface area (Å²) in [4.78, 5) is 24.2. The van der Waals surface area contributed by atoms with Gasteiger partial charge in [-0.15, -0.1) is 0 Å². The SMILES string of the molecule is CCOC(=O)/C(=C(\Cl)CO)[Se](Cl)(Cl)/C(C(=O)OCC)=C(/Cl)CO. The number of hydrogen-bond acceptors (Lipinski definition) is 6. The Kier molecular flexibility index (Phi) is 10.8. The molecule has 0 atom stereocenters. The predicted octanol–water partition coefficient (Wildman–Crippen LogP) is 2.08. The molecule has 0 aliphatic heterocycles. The molecule has 0 spiro atoms. The van der Waals surface area contributed by atoms with Crippen LogP contribution in [0.4, 0.5) is 0 Å². The Balaban J connectivity index is 6.29. The summed E-state index contributed by atoms with van der Waals surface area (Å²) >= 11 is 7.30. The zero-order valence-electron chi connectivity index (χ0n) is 12.3. The molecule has 2 N–H and O–H groups in total. The number of esters is 2. The zero-order valence-corrected chi connectivity index (χ0v) is 17.0. The van der Waals surface area contributed by atoms with Gasteiger partial charge < -0.3 is 0 Å². The van der Waals surface area contributed by atoms with E-state index < -0.39 is 45.1 Å². The first-order valence-corrected chi connectivity index (χ1v) is 13.2. The van der Waals surface area contributed by atoms with Crippen molar-refractivity contribution in [2.75, 3.05) is 26.4 Å². The minimum atomic E-state index is -4.38. The van der Waals surface area contributed by atoms with Crippen LogP contribution in [0.1, 0.15) is 13.8 Å². The van der Waals surface area contributed by atoms with Gasteiger partial charge in [0.25, 0.3) is 0 Å². The van der Waals surface area contributed by atoms with E-state index in [1.807, 2.05) is 0 Å². The van der Waals surface area contributed by atoms with E-state index in [0.717, 1.165) is 0 Å². The number of rotatable bonds is 8. The van der Waals surface area contributed by atoms with Gasteiger partial charge in [-0.05, 0) is 0 Å². The van der Waals surface area contributed by atoms with Crippen molar-refractivity contribution in [1.82, 2.24) is 0 Å². The standard InChI is InChI=1S/C12H16Cl4O6Se/c1-3-21-11(19)9(7(13)5-17)23(15,16)10(8(14)6-18)12(20)22-4-2/h17-18H,3-6H2,1-2H3/b9-7+,10-8+. The van der Waals surface area contributed by atoms with Crippen molar-refractivity contribution in [3.63, 3.8) is 0 Å². The van der Waals surface area contributed by atoms with Crippen molar-refractivity contribution in [3.8, 4) is 0 Å². The number of hydrogen-bond donors (Lipinski definition) is 2. The molecule has 0 saturated carbocycles. The molecule has 0 rings (SSSR count). The fourth-order valence-electron chi connectivity index (χ4n) is 1.35. The maximum absolute atomic E-state index is 12.1.